The normalized spacial score (nSPS) is 11.2. The van der Waals surface area contributed by atoms with Crippen LogP contribution in [0.4, 0.5) is 5.69 Å². The average Bonchev–Trinajstić information content (AvgIpc) is 2.81. The van der Waals surface area contributed by atoms with Crippen molar-refractivity contribution in [3.05, 3.63) is 90.1 Å². The molecule has 33 heavy (non-hydrogen) atoms. The summed E-state index contributed by atoms with van der Waals surface area (Å²) in [6.07, 6.45) is 0. The van der Waals surface area contributed by atoms with Gasteiger partial charge in [0.2, 0.25) is 0 Å². The molecule has 0 saturated carbocycles. The predicted molar refractivity (Wildman–Crippen MR) is 128 cm³/mol. The van der Waals surface area contributed by atoms with Gasteiger partial charge in [-0.15, -0.1) is 11.8 Å². The third-order valence-electron chi connectivity index (χ3n) is 5.47. The van der Waals surface area contributed by atoms with Gasteiger partial charge in [-0.2, -0.15) is 0 Å². The number of aromatic nitrogens is 4. The molecule has 0 N–H and O–H groups in total. The quantitative estimate of drug-likeness (QED) is 0.193. The first-order chi connectivity index (χ1) is 15.7. The van der Waals surface area contributed by atoms with Gasteiger partial charge in [0, 0.05) is 37.5 Å². The number of nitro benzene ring substituents is 1. The van der Waals surface area contributed by atoms with Gasteiger partial charge < -0.3 is 0 Å². The first-order valence-corrected chi connectivity index (χ1v) is 11.1. The highest BCUT2D eigenvalue weighted by atomic mass is 32.2. The van der Waals surface area contributed by atoms with Crippen LogP contribution in [-0.4, -0.2) is 24.0 Å². The molecule has 168 valence electrons. The summed E-state index contributed by atoms with van der Waals surface area (Å²) in [5.74, 6) is 0.856. The predicted octanol–water partition coefficient (Wildman–Crippen LogP) is 3.51. The van der Waals surface area contributed by atoms with Gasteiger partial charge in [0.1, 0.15) is 10.4 Å². The van der Waals surface area contributed by atoms with Crippen molar-refractivity contribution in [3.8, 4) is 11.4 Å². The van der Waals surface area contributed by atoms with Crippen LogP contribution in [0.15, 0.2) is 57.1 Å². The van der Waals surface area contributed by atoms with Crippen molar-refractivity contribution in [2.45, 2.75) is 24.6 Å². The summed E-state index contributed by atoms with van der Waals surface area (Å²) in [4.78, 5) is 45.2. The zero-order valence-electron chi connectivity index (χ0n) is 18.5. The van der Waals surface area contributed by atoms with Crippen LogP contribution < -0.4 is 11.2 Å². The molecule has 0 atom stereocenters. The number of aryl methyl sites for hydroxylation is 3. The first-order valence-electron chi connectivity index (χ1n) is 10.1. The van der Waals surface area contributed by atoms with Crippen LogP contribution in [0.1, 0.15) is 16.7 Å². The summed E-state index contributed by atoms with van der Waals surface area (Å²) < 4.78 is 2.36. The summed E-state index contributed by atoms with van der Waals surface area (Å²) in [7, 11) is 2.98. The molecule has 0 amide bonds. The Balaban J connectivity index is 1.90. The minimum Gasteiger partial charge on any atom is -0.280 e. The summed E-state index contributed by atoms with van der Waals surface area (Å²) in [6.45, 7) is 4.05. The van der Waals surface area contributed by atoms with Gasteiger partial charge in [0.25, 0.3) is 11.2 Å². The fourth-order valence-electron chi connectivity index (χ4n) is 3.50. The van der Waals surface area contributed by atoms with E-state index in [9.17, 15) is 19.7 Å². The van der Waals surface area contributed by atoms with Crippen molar-refractivity contribution in [3.63, 3.8) is 0 Å². The molecular formula is C23H21N5O4S. The Labute approximate surface area is 192 Å². The van der Waals surface area contributed by atoms with Gasteiger partial charge in [-0.1, -0.05) is 23.8 Å². The number of fused-ring (bicyclic) bond motifs is 1. The van der Waals surface area contributed by atoms with Gasteiger partial charge in [-0.3, -0.25) is 24.0 Å². The van der Waals surface area contributed by atoms with E-state index >= 15 is 0 Å². The molecule has 2 aromatic carbocycles. The third kappa shape index (κ3) is 4.17. The second-order valence-electron chi connectivity index (χ2n) is 7.78. The molecule has 0 fully saturated rings. The largest absolute Gasteiger partial charge is 0.332 e. The van der Waals surface area contributed by atoms with Gasteiger partial charge in [0.15, 0.2) is 11.5 Å². The lowest BCUT2D eigenvalue weighted by Crippen LogP contribution is -2.37. The van der Waals surface area contributed by atoms with Crippen LogP contribution in [0.25, 0.3) is 22.4 Å². The van der Waals surface area contributed by atoms with Gasteiger partial charge in [-0.25, -0.2) is 14.8 Å². The van der Waals surface area contributed by atoms with Crippen LogP contribution in [0.5, 0.6) is 0 Å². The molecule has 4 aromatic rings. The van der Waals surface area contributed by atoms with E-state index in [1.165, 1.54) is 35.5 Å². The monoisotopic (exact) mass is 463 g/mol. The topological polar surface area (TPSA) is 113 Å². The summed E-state index contributed by atoms with van der Waals surface area (Å²) >= 11 is 1.39. The number of rotatable bonds is 5. The van der Waals surface area contributed by atoms with Crippen molar-refractivity contribution >= 4 is 28.5 Å². The van der Waals surface area contributed by atoms with Crippen molar-refractivity contribution in [2.24, 2.45) is 14.1 Å². The summed E-state index contributed by atoms with van der Waals surface area (Å²) in [6, 6.07) is 12.0. The van der Waals surface area contributed by atoms with E-state index < -0.39 is 16.2 Å². The number of hydrogen-bond donors (Lipinski definition) is 0. The van der Waals surface area contributed by atoms with E-state index in [1.807, 2.05) is 26.0 Å². The fraction of sp³-hybridized carbons (Fsp3) is 0.217. The minimum atomic E-state index is -0.494. The molecule has 0 aliphatic rings. The highest BCUT2D eigenvalue weighted by molar-refractivity contribution is 7.98. The van der Waals surface area contributed by atoms with Crippen LogP contribution in [0.2, 0.25) is 0 Å². The Hall–Kier alpha value is -3.79. The second-order valence-corrected chi connectivity index (χ2v) is 8.74. The molecule has 10 heteroatoms. The summed E-state index contributed by atoms with van der Waals surface area (Å²) in [5.41, 5.74) is 3.13. The molecule has 9 nitrogen and oxygen atoms in total. The van der Waals surface area contributed by atoms with Gasteiger partial charge in [-0.05, 0) is 37.1 Å². The van der Waals surface area contributed by atoms with E-state index in [0.717, 1.165) is 21.3 Å². The zero-order chi connectivity index (χ0) is 23.9. The van der Waals surface area contributed by atoms with Crippen molar-refractivity contribution in [2.75, 3.05) is 0 Å². The number of thioether (sulfide) groups is 1. The van der Waals surface area contributed by atoms with Gasteiger partial charge >= 0.3 is 5.69 Å². The Bertz CT molecular complexity index is 1520. The van der Waals surface area contributed by atoms with Crippen LogP contribution in [-0.2, 0) is 19.8 Å². The Morgan fingerprint density at radius 3 is 2.36 bits per heavy atom. The minimum absolute atomic E-state index is 0.0506. The molecule has 0 saturated heterocycles. The summed E-state index contributed by atoms with van der Waals surface area (Å²) in [5, 5.41) is 11.7. The van der Waals surface area contributed by atoms with E-state index in [0.29, 0.717) is 16.3 Å². The Morgan fingerprint density at radius 1 is 1.00 bits per heavy atom. The van der Waals surface area contributed by atoms with Crippen molar-refractivity contribution < 1.29 is 4.92 Å². The maximum Gasteiger partial charge on any atom is 0.332 e. The van der Waals surface area contributed by atoms with Crippen molar-refractivity contribution in [1.29, 1.82) is 0 Å². The lowest BCUT2D eigenvalue weighted by molar-refractivity contribution is -0.384. The highest BCUT2D eigenvalue weighted by Crippen LogP contribution is 2.30. The molecule has 0 aliphatic carbocycles. The maximum absolute atomic E-state index is 13.0. The molecular weight excluding hydrogens is 442 g/mol. The smallest absolute Gasteiger partial charge is 0.280 e. The zero-order valence-corrected chi connectivity index (χ0v) is 19.3. The second kappa shape index (κ2) is 8.62. The molecule has 2 heterocycles. The van der Waals surface area contributed by atoms with Crippen LogP contribution >= 0.6 is 11.8 Å². The maximum atomic E-state index is 13.0. The molecule has 0 radical (unpaired) electrons. The van der Waals surface area contributed by atoms with Crippen LogP contribution in [0.3, 0.4) is 0 Å². The number of nitro groups is 1. The van der Waals surface area contributed by atoms with E-state index in [-0.39, 0.29) is 22.5 Å². The Kier molecular flexibility index (Phi) is 5.86. The highest BCUT2D eigenvalue weighted by Gasteiger charge is 2.19. The molecule has 0 spiro atoms. The molecule has 4 rings (SSSR count). The number of benzene rings is 2. The molecule has 0 bridgehead atoms. The van der Waals surface area contributed by atoms with Crippen LogP contribution in [0, 0.1) is 24.0 Å². The number of hydrogen-bond acceptors (Lipinski definition) is 7. The number of nitrogens with zero attached hydrogens (tertiary/aromatic N) is 5. The van der Waals surface area contributed by atoms with Gasteiger partial charge in [0.05, 0.1) is 4.92 Å². The van der Waals surface area contributed by atoms with Crippen molar-refractivity contribution in [1.82, 2.24) is 19.1 Å². The number of non-ortho nitro benzene ring substituents is 1. The van der Waals surface area contributed by atoms with E-state index in [4.69, 9.17) is 0 Å². The lowest BCUT2D eigenvalue weighted by Gasteiger charge is -2.13. The van der Waals surface area contributed by atoms with E-state index in [1.54, 1.807) is 19.2 Å². The standard InChI is InChI=1S/C23H21N5O4S/c1-13-5-6-14(2)16(11-13)12-33-21-18-20(26(3)23(30)27(4)22(18)29)24-19(25-21)15-7-9-17(10-8-15)28(31)32/h5-11H,12H2,1-4H3. The first kappa shape index (κ1) is 22.4. The third-order valence-corrected chi connectivity index (χ3v) is 6.50. The lowest BCUT2D eigenvalue weighted by atomic mass is 10.1. The average molecular weight is 464 g/mol. The Morgan fingerprint density at radius 2 is 1.70 bits per heavy atom. The molecule has 2 aromatic heterocycles. The molecule has 0 unspecified atom stereocenters. The SMILES string of the molecule is Cc1ccc(C)c(CSc2nc(-c3ccc([N+](=O)[O-])cc3)nc3c2c(=O)n(C)c(=O)n3C)c1. The molecule has 0 aliphatic heterocycles. The van der Waals surface area contributed by atoms with E-state index in [2.05, 4.69) is 16.0 Å². The fourth-order valence-corrected chi connectivity index (χ4v) is 4.57.